The van der Waals surface area contributed by atoms with Crippen LogP contribution in [0.2, 0.25) is 5.02 Å². The third-order valence-electron chi connectivity index (χ3n) is 12.1. The first-order chi connectivity index (χ1) is 32.8. The zero-order valence-corrected chi connectivity index (χ0v) is 42.6. The molecule has 2 aliphatic rings. The Labute approximate surface area is 415 Å². The van der Waals surface area contributed by atoms with Crippen molar-refractivity contribution in [2.24, 2.45) is 22.7 Å². The van der Waals surface area contributed by atoms with Gasteiger partial charge in [0.2, 0.25) is 35.4 Å². The van der Waals surface area contributed by atoms with Crippen LogP contribution in [0.3, 0.4) is 0 Å². The zero-order valence-electron chi connectivity index (χ0n) is 41.9. The number of amides is 6. The topological polar surface area (TPSA) is 260 Å². The number of benzene rings is 2. The number of carbonyl (C=O) groups is 8. The lowest BCUT2D eigenvalue weighted by Crippen LogP contribution is -2.54. The molecule has 8 atom stereocenters. The number of epoxide rings is 1. The minimum Gasteiger partial charge on any atom is -0.495 e. The summed E-state index contributed by atoms with van der Waals surface area (Å²) in [5.41, 5.74) is 0.704. The lowest BCUT2D eigenvalue weighted by molar-refractivity contribution is -0.157. The van der Waals surface area contributed by atoms with Crippen LogP contribution in [0.15, 0.2) is 54.6 Å². The van der Waals surface area contributed by atoms with Crippen LogP contribution in [0.1, 0.15) is 117 Å². The lowest BCUT2D eigenvalue weighted by Gasteiger charge is -2.32. The molecule has 70 heavy (non-hydrogen) atoms. The molecule has 0 aliphatic carbocycles. The molecule has 2 heterocycles. The van der Waals surface area contributed by atoms with E-state index < -0.39 is 94.4 Å². The Morgan fingerprint density at radius 2 is 1.59 bits per heavy atom. The first kappa shape index (κ1) is 56.6. The van der Waals surface area contributed by atoms with Gasteiger partial charge in [-0.05, 0) is 79.8 Å². The van der Waals surface area contributed by atoms with E-state index in [4.69, 9.17) is 30.9 Å². The number of hydrogen-bond acceptors (Lipinski definition) is 11. The number of nitrogens with one attached hydrogen (secondary N) is 6. The number of carboxylic acid groups (broad SMARTS) is 1. The highest BCUT2D eigenvalue weighted by molar-refractivity contribution is 6.32. The fraction of sp³-hybridized carbons (Fsp3) is 0.569. The first-order valence-electron chi connectivity index (χ1n) is 23.7. The van der Waals surface area contributed by atoms with Crippen molar-refractivity contribution >= 4 is 59.0 Å². The van der Waals surface area contributed by atoms with Gasteiger partial charge >= 0.3 is 11.9 Å². The zero-order chi connectivity index (χ0) is 52.1. The maximum Gasteiger partial charge on any atom is 0.328 e. The number of methoxy groups -OCH3 is 1. The van der Waals surface area contributed by atoms with Crippen LogP contribution in [0.4, 0.5) is 0 Å². The molecular weight excluding hydrogens is 924 g/mol. The molecule has 0 unspecified atom stereocenters. The smallest absolute Gasteiger partial charge is 0.328 e. The molecule has 0 bridgehead atoms. The number of aliphatic carboxylic acids is 1. The summed E-state index contributed by atoms with van der Waals surface area (Å²) in [6, 6.07) is 8.57. The van der Waals surface area contributed by atoms with Crippen LogP contribution in [-0.2, 0) is 60.8 Å². The summed E-state index contributed by atoms with van der Waals surface area (Å²) >= 11 is 6.38. The molecule has 1 saturated heterocycles. The van der Waals surface area contributed by atoms with Gasteiger partial charge in [-0.3, -0.25) is 33.6 Å². The average Bonchev–Trinajstić information content (AvgIpc) is 4.08. The number of halogens is 1. The van der Waals surface area contributed by atoms with Gasteiger partial charge in [0, 0.05) is 44.7 Å². The second-order valence-electron chi connectivity index (χ2n) is 20.3. The van der Waals surface area contributed by atoms with Crippen molar-refractivity contribution in [1.82, 2.24) is 31.9 Å². The second-order valence-corrected chi connectivity index (χ2v) is 20.8. The Morgan fingerprint density at radius 3 is 2.20 bits per heavy atom. The van der Waals surface area contributed by atoms with E-state index in [-0.39, 0.29) is 69.7 Å². The van der Waals surface area contributed by atoms with Gasteiger partial charge in [-0.25, -0.2) is 4.79 Å². The molecule has 7 N–H and O–H groups in total. The van der Waals surface area contributed by atoms with Crippen LogP contribution < -0.4 is 36.6 Å². The van der Waals surface area contributed by atoms with E-state index in [9.17, 15) is 38.4 Å². The number of rotatable bonds is 18. The van der Waals surface area contributed by atoms with Gasteiger partial charge in [-0.2, -0.15) is 0 Å². The quantitative estimate of drug-likeness (QED) is 0.0799. The van der Waals surface area contributed by atoms with E-state index in [1.165, 1.54) is 20.1 Å². The van der Waals surface area contributed by atoms with E-state index >= 15 is 0 Å². The van der Waals surface area contributed by atoms with Crippen LogP contribution in [0, 0.1) is 22.7 Å². The Hall–Kier alpha value is -6.01. The molecule has 0 saturated carbocycles. The number of ether oxygens (including phenoxy) is 3. The Balaban J connectivity index is 1.45. The van der Waals surface area contributed by atoms with Crippen LogP contribution in [0.5, 0.6) is 5.75 Å². The minimum atomic E-state index is -1.17. The molecule has 1 fully saturated rings. The van der Waals surface area contributed by atoms with E-state index in [0.29, 0.717) is 16.3 Å². The van der Waals surface area contributed by atoms with Gasteiger partial charge in [0.05, 0.1) is 23.7 Å². The predicted molar refractivity (Wildman–Crippen MR) is 261 cm³/mol. The van der Waals surface area contributed by atoms with Gasteiger partial charge in [0.25, 0.3) is 0 Å². The van der Waals surface area contributed by atoms with Crippen molar-refractivity contribution in [3.8, 4) is 5.75 Å². The molecule has 19 heteroatoms. The average molecular weight is 996 g/mol. The second kappa shape index (κ2) is 25.2. The first-order valence-corrected chi connectivity index (χ1v) is 24.1. The van der Waals surface area contributed by atoms with Gasteiger partial charge in [-0.15, -0.1) is 0 Å². The third kappa shape index (κ3) is 17.4. The van der Waals surface area contributed by atoms with Crippen molar-refractivity contribution in [2.75, 3.05) is 13.7 Å². The highest BCUT2D eigenvalue weighted by Gasteiger charge is 2.48. The molecule has 0 radical (unpaired) electrons. The number of carboxylic acids is 1. The van der Waals surface area contributed by atoms with E-state index in [2.05, 4.69) is 31.9 Å². The van der Waals surface area contributed by atoms with Crippen LogP contribution in [0.25, 0.3) is 0 Å². The maximum atomic E-state index is 14.1. The molecule has 0 aromatic heterocycles. The summed E-state index contributed by atoms with van der Waals surface area (Å²) in [4.78, 5) is 104. The molecule has 0 spiro atoms. The fourth-order valence-electron chi connectivity index (χ4n) is 7.80. The molecule has 2 aromatic rings. The fourth-order valence-corrected chi connectivity index (χ4v) is 8.08. The van der Waals surface area contributed by atoms with E-state index in [1.807, 2.05) is 52.0 Å². The van der Waals surface area contributed by atoms with Crippen molar-refractivity contribution < 1.29 is 57.7 Å². The molecule has 6 amide bonds. The molecular formula is C51H71ClN6O12. The summed E-state index contributed by atoms with van der Waals surface area (Å²) in [5, 5.41) is 25.8. The number of esters is 1. The maximum absolute atomic E-state index is 14.1. The molecule has 2 aliphatic heterocycles. The largest absolute Gasteiger partial charge is 0.495 e. The Kier molecular flexibility index (Phi) is 20.4. The molecule has 384 valence electrons. The van der Waals surface area contributed by atoms with E-state index in [1.54, 1.807) is 52.0 Å². The van der Waals surface area contributed by atoms with Crippen molar-refractivity contribution in [1.29, 1.82) is 0 Å². The molecule has 2 aromatic carbocycles. The van der Waals surface area contributed by atoms with Crippen molar-refractivity contribution in [2.45, 2.75) is 150 Å². The highest BCUT2D eigenvalue weighted by atomic mass is 35.5. The molecule has 18 nitrogen and oxygen atoms in total. The third-order valence-corrected chi connectivity index (χ3v) is 12.4. The SMILES string of the molecule is COc1ccc(C[C@H]2NC(=O)/C=C\C[C@@H]([C@H](C)[C@H]3O[C@@H]3c3ccc(CNC(=O)[C@H](C)NC(=O)[C@@H](NC(=O)CCCC(=O)O)C(C)C)cc3)OC(=O)[C@H](CC(C)(C)C)NC(=O)C(C)(C)CNC2=O)cc1Cl. The van der Waals surface area contributed by atoms with Gasteiger partial charge in [0.1, 0.15) is 42.1 Å². The highest BCUT2D eigenvalue weighted by Crippen LogP contribution is 2.45. The summed E-state index contributed by atoms with van der Waals surface area (Å²) in [6.07, 6.45) is 1.72. The Morgan fingerprint density at radius 1 is 0.914 bits per heavy atom. The number of cyclic esters (lactones) is 1. The van der Waals surface area contributed by atoms with Gasteiger partial charge in [0.15, 0.2) is 0 Å². The lowest BCUT2D eigenvalue weighted by atomic mass is 9.86. The molecule has 4 rings (SSSR count). The number of hydrogen-bond donors (Lipinski definition) is 7. The van der Waals surface area contributed by atoms with Crippen LogP contribution >= 0.6 is 11.6 Å². The standard InChI is InChI=1S/C51H71ClN6O12/c1-28(2)42(58-40(60)15-12-16-41(61)62)47(65)55-30(4)45(63)53-26-31-17-20-33(21-18-31)44-43(70-44)29(3)37-13-11-14-39(59)56-35(24-32-19-22-38(68-10)34(52)23-32)46(64)54-27-51(8,9)49(67)57-36(48(66)69-37)25-50(5,6)7/h11,14,17-23,28-30,35-37,42-44H,12-13,15-16,24-27H2,1-10H3,(H,53,63)(H,54,64)(H,55,65)(H,56,59)(H,57,67)(H,58,60)(H,61,62)/b14-11-/t29-,30-,35+,36-,37-,42-,43+,44+/m0/s1. The predicted octanol–water partition coefficient (Wildman–Crippen LogP) is 4.60. The Bertz CT molecular complexity index is 2240. The van der Waals surface area contributed by atoms with E-state index in [0.717, 1.165) is 11.1 Å². The minimum absolute atomic E-state index is 0.0478. The summed E-state index contributed by atoms with van der Waals surface area (Å²) in [5.74, 6) is -4.88. The summed E-state index contributed by atoms with van der Waals surface area (Å²) < 4.78 is 17.7. The van der Waals surface area contributed by atoms with Crippen molar-refractivity contribution in [3.05, 3.63) is 76.3 Å². The normalized spacial score (nSPS) is 22.7. The van der Waals surface area contributed by atoms with Crippen molar-refractivity contribution in [3.63, 3.8) is 0 Å². The number of carbonyl (C=O) groups excluding carboxylic acids is 7. The summed E-state index contributed by atoms with van der Waals surface area (Å²) in [7, 11) is 1.49. The van der Waals surface area contributed by atoms with Crippen LogP contribution in [-0.4, -0.2) is 103 Å². The monoisotopic (exact) mass is 994 g/mol. The summed E-state index contributed by atoms with van der Waals surface area (Å²) in [6.45, 7) is 16.1. The van der Waals surface area contributed by atoms with Gasteiger partial charge in [-0.1, -0.05) is 89.6 Å². The van der Waals surface area contributed by atoms with Gasteiger partial charge < -0.3 is 51.2 Å².